The molecule has 0 radical (unpaired) electrons. The standard InChI is InChI=1S/C15H17ClN2/c1-10-17-13(9-14(16)18-10)11-5-7-12(8-6-11)15(2,3)4/h5-9H,1-4H3. The minimum Gasteiger partial charge on any atom is -0.233 e. The van der Waals surface area contributed by atoms with E-state index in [0.29, 0.717) is 11.0 Å². The van der Waals surface area contributed by atoms with Crippen LogP contribution in [0.1, 0.15) is 32.2 Å². The molecule has 1 aromatic heterocycles. The lowest BCUT2D eigenvalue weighted by molar-refractivity contribution is 0.590. The summed E-state index contributed by atoms with van der Waals surface area (Å²) in [7, 11) is 0. The van der Waals surface area contributed by atoms with Crippen molar-refractivity contribution in [3.63, 3.8) is 0 Å². The zero-order valence-electron chi connectivity index (χ0n) is 11.2. The summed E-state index contributed by atoms with van der Waals surface area (Å²) in [6, 6.07) is 10.2. The van der Waals surface area contributed by atoms with E-state index >= 15 is 0 Å². The number of hydrogen-bond acceptors (Lipinski definition) is 2. The van der Waals surface area contributed by atoms with Crippen molar-refractivity contribution in [3.05, 3.63) is 46.9 Å². The number of halogens is 1. The first-order chi connectivity index (χ1) is 8.36. The van der Waals surface area contributed by atoms with E-state index in [4.69, 9.17) is 11.6 Å². The molecule has 2 aromatic rings. The molecule has 0 amide bonds. The average molecular weight is 261 g/mol. The van der Waals surface area contributed by atoms with Crippen LogP contribution in [0.5, 0.6) is 0 Å². The van der Waals surface area contributed by atoms with Crippen molar-refractivity contribution in [3.8, 4) is 11.3 Å². The third kappa shape index (κ3) is 2.88. The van der Waals surface area contributed by atoms with Crippen LogP contribution < -0.4 is 0 Å². The molecule has 0 saturated heterocycles. The van der Waals surface area contributed by atoms with Crippen LogP contribution in [0.15, 0.2) is 30.3 Å². The second-order valence-corrected chi connectivity index (χ2v) is 5.84. The summed E-state index contributed by atoms with van der Waals surface area (Å²) in [4.78, 5) is 8.47. The van der Waals surface area contributed by atoms with E-state index in [1.165, 1.54) is 5.56 Å². The van der Waals surface area contributed by atoms with Crippen molar-refractivity contribution in [1.29, 1.82) is 0 Å². The van der Waals surface area contributed by atoms with E-state index in [1.54, 1.807) is 6.07 Å². The molecule has 0 aliphatic carbocycles. The van der Waals surface area contributed by atoms with Crippen molar-refractivity contribution in [2.24, 2.45) is 0 Å². The molecular weight excluding hydrogens is 244 g/mol. The maximum Gasteiger partial charge on any atom is 0.133 e. The molecule has 1 aromatic carbocycles. The Balaban J connectivity index is 2.40. The van der Waals surface area contributed by atoms with Gasteiger partial charge in [-0.25, -0.2) is 9.97 Å². The van der Waals surface area contributed by atoms with Crippen molar-refractivity contribution in [1.82, 2.24) is 9.97 Å². The lowest BCUT2D eigenvalue weighted by Gasteiger charge is -2.19. The fourth-order valence-corrected chi connectivity index (χ4v) is 2.05. The lowest BCUT2D eigenvalue weighted by atomic mass is 9.86. The molecule has 0 saturated carbocycles. The molecule has 0 atom stereocenters. The van der Waals surface area contributed by atoms with Crippen molar-refractivity contribution in [2.75, 3.05) is 0 Å². The van der Waals surface area contributed by atoms with Crippen molar-refractivity contribution >= 4 is 11.6 Å². The first kappa shape index (κ1) is 13.0. The molecule has 94 valence electrons. The van der Waals surface area contributed by atoms with Gasteiger partial charge < -0.3 is 0 Å². The van der Waals surface area contributed by atoms with E-state index in [-0.39, 0.29) is 5.41 Å². The van der Waals surface area contributed by atoms with Crippen LogP contribution in [0.4, 0.5) is 0 Å². The van der Waals surface area contributed by atoms with Crippen LogP contribution in [0.2, 0.25) is 5.15 Å². The van der Waals surface area contributed by atoms with Gasteiger partial charge in [0.15, 0.2) is 0 Å². The first-order valence-corrected chi connectivity index (χ1v) is 6.36. The molecule has 0 fully saturated rings. The summed E-state index contributed by atoms with van der Waals surface area (Å²) < 4.78 is 0. The minimum absolute atomic E-state index is 0.164. The summed E-state index contributed by atoms with van der Waals surface area (Å²) in [5.41, 5.74) is 3.41. The molecule has 3 heteroatoms. The second-order valence-electron chi connectivity index (χ2n) is 5.45. The topological polar surface area (TPSA) is 25.8 Å². The molecule has 0 N–H and O–H groups in total. The SMILES string of the molecule is Cc1nc(Cl)cc(-c2ccc(C(C)(C)C)cc2)n1. The van der Waals surface area contributed by atoms with E-state index in [1.807, 2.05) is 6.92 Å². The number of aromatic nitrogens is 2. The normalized spacial score (nSPS) is 11.6. The van der Waals surface area contributed by atoms with Gasteiger partial charge >= 0.3 is 0 Å². The Labute approximate surface area is 113 Å². The number of aryl methyl sites for hydroxylation is 1. The van der Waals surface area contributed by atoms with Gasteiger partial charge in [0.1, 0.15) is 11.0 Å². The number of hydrogen-bond donors (Lipinski definition) is 0. The average Bonchev–Trinajstić information content (AvgIpc) is 2.27. The zero-order chi connectivity index (χ0) is 13.3. The molecule has 0 aliphatic rings. The molecule has 0 bridgehead atoms. The van der Waals surface area contributed by atoms with E-state index in [2.05, 4.69) is 55.0 Å². The van der Waals surface area contributed by atoms with Crippen molar-refractivity contribution < 1.29 is 0 Å². The summed E-state index contributed by atoms with van der Waals surface area (Å²) in [5.74, 6) is 0.692. The maximum absolute atomic E-state index is 5.95. The Kier molecular flexibility index (Phi) is 3.40. The maximum atomic E-state index is 5.95. The Morgan fingerprint density at radius 2 is 1.61 bits per heavy atom. The highest BCUT2D eigenvalue weighted by Crippen LogP contribution is 2.26. The van der Waals surface area contributed by atoms with Crippen LogP contribution in [0.3, 0.4) is 0 Å². The van der Waals surface area contributed by atoms with Gasteiger partial charge in [0.25, 0.3) is 0 Å². The van der Waals surface area contributed by atoms with Crippen molar-refractivity contribution in [2.45, 2.75) is 33.1 Å². The minimum atomic E-state index is 0.164. The van der Waals surface area contributed by atoms with Gasteiger partial charge in [0.2, 0.25) is 0 Å². The Morgan fingerprint density at radius 1 is 1.00 bits per heavy atom. The highest BCUT2D eigenvalue weighted by molar-refractivity contribution is 6.29. The van der Waals surface area contributed by atoms with E-state index in [9.17, 15) is 0 Å². The van der Waals surface area contributed by atoms with Gasteiger partial charge in [0, 0.05) is 11.6 Å². The smallest absolute Gasteiger partial charge is 0.133 e. The Hall–Kier alpha value is -1.41. The molecule has 2 nitrogen and oxygen atoms in total. The summed E-state index contributed by atoms with van der Waals surface area (Å²) >= 11 is 5.95. The predicted octanol–water partition coefficient (Wildman–Crippen LogP) is 4.40. The van der Waals surface area contributed by atoms with Gasteiger partial charge in [-0.15, -0.1) is 0 Å². The van der Waals surface area contributed by atoms with Crippen LogP contribution in [0.25, 0.3) is 11.3 Å². The quantitative estimate of drug-likeness (QED) is 0.710. The molecule has 1 heterocycles. The summed E-state index contributed by atoms with van der Waals surface area (Å²) in [5, 5.41) is 0.484. The van der Waals surface area contributed by atoms with Gasteiger partial charge in [-0.2, -0.15) is 0 Å². The molecule has 2 rings (SSSR count). The van der Waals surface area contributed by atoms with Gasteiger partial charge in [0.05, 0.1) is 5.69 Å². The monoisotopic (exact) mass is 260 g/mol. The highest BCUT2D eigenvalue weighted by atomic mass is 35.5. The number of nitrogens with zero attached hydrogens (tertiary/aromatic N) is 2. The Bertz CT molecular complexity index is 533. The van der Waals surface area contributed by atoms with Crippen LogP contribution in [-0.4, -0.2) is 9.97 Å². The fraction of sp³-hybridized carbons (Fsp3) is 0.333. The molecule has 0 spiro atoms. The summed E-state index contributed by atoms with van der Waals surface area (Å²) in [6.45, 7) is 8.45. The van der Waals surface area contributed by atoms with E-state index in [0.717, 1.165) is 11.3 Å². The molecular formula is C15H17ClN2. The molecule has 18 heavy (non-hydrogen) atoms. The van der Waals surface area contributed by atoms with Gasteiger partial charge in [-0.05, 0) is 17.9 Å². The number of rotatable bonds is 1. The summed E-state index contributed by atoms with van der Waals surface area (Å²) in [6.07, 6.45) is 0. The van der Waals surface area contributed by atoms with Gasteiger partial charge in [-0.1, -0.05) is 56.6 Å². The molecule has 0 unspecified atom stereocenters. The lowest BCUT2D eigenvalue weighted by Crippen LogP contribution is -2.10. The third-order valence-electron chi connectivity index (χ3n) is 2.85. The largest absolute Gasteiger partial charge is 0.233 e. The van der Waals surface area contributed by atoms with E-state index < -0.39 is 0 Å². The predicted molar refractivity (Wildman–Crippen MR) is 75.9 cm³/mol. The van der Waals surface area contributed by atoms with Crippen LogP contribution in [0, 0.1) is 6.92 Å². The van der Waals surface area contributed by atoms with Crippen LogP contribution >= 0.6 is 11.6 Å². The Morgan fingerprint density at radius 3 is 2.11 bits per heavy atom. The third-order valence-corrected chi connectivity index (χ3v) is 3.05. The number of benzene rings is 1. The van der Waals surface area contributed by atoms with Crippen LogP contribution in [-0.2, 0) is 5.41 Å². The second kappa shape index (κ2) is 4.69. The van der Waals surface area contributed by atoms with Gasteiger partial charge in [-0.3, -0.25) is 0 Å². The fourth-order valence-electron chi connectivity index (χ4n) is 1.82. The first-order valence-electron chi connectivity index (χ1n) is 5.98. The highest BCUT2D eigenvalue weighted by Gasteiger charge is 2.13. The molecule has 0 aliphatic heterocycles. The zero-order valence-corrected chi connectivity index (χ0v) is 11.9.